The van der Waals surface area contributed by atoms with Gasteiger partial charge in [-0.2, -0.15) is 0 Å². The molecule has 0 radical (unpaired) electrons. The van der Waals surface area contributed by atoms with Crippen molar-refractivity contribution in [2.75, 3.05) is 17.3 Å². The van der Waals surface area contributed by atoms with Crippen LogP contribution in [-0.2, 0) is 0 Å². The Morgan fingerprint density at radius 2 is 2.05 bits per heavy atom. The average molecular weight is 263 g/mol. The Bertz CT molecular complexity index is 564. The lowest BCUT2D eigenvalue weighted by molar-refractivity contribution is 0.321. The number of benzene rings is 1. The minimum atomic E-state index is -0.432. The zero-order valence-electron chi connectivity index (χ0n) is 10.4. The summed E-state index contributed by atoms with van der Waals surface area (Å²) in [6, 6.07) is 6.20. The largest absolute Gasteiger partial charge is 0.491 e. The van der Waals surface area contributed by atoms with Gasteiger partial charge in [-0.1, -0.05) is 0 Å². The number of ether oxygens (including phenoxy) is 1. The van der Waals surface area contributed by atoms with Crippen molar-refractivity contribution in [3.8, 4) is 5.75 Å². The summed E-state index contributed by atoms with van der Waals surface area (Å²) < 4.78 is 18.8. The molecule has 1 heterocycles. The maximum Gasteiger partial charge on any atom is 0.167 e. The zero-order chi connectivity index (χ0) is 13.7. The van der Waals surface area contributed by atoms with Crippen LogP contribution in [-0.4, -0.2) is 16.6 Å². The lowest BCUT2D eigenvalue weighted by atomic mass is 10.3. The van der Waals surface area contributed by atoms with Crippen LogP contribution >= 0.6 is 0 Å². The van der Waals surface area contributed by atoms with Crippen LogP contribution in [0.15, 0.2) is 30.6 Å². The number of halogens is 1. The number of nitrogens with zero attached hydrogens (tertiary/aromatic N) is 2. The first kappa shape index (κ1) is 13.0. The molecule has 1 aromatic carbocycles. The molecule has 0 aliphatic carbocycles. The van der Waals surface area contributed by atoms with Crippen LogP contribution in [0.1, 0.15) is 6.92 Å². The topological polar surface area (TPSA) is 85.1 Å². The van der Waals surface area contributed by atoms with Gasteiger partial charge in [0.1, 0.15) is 18.0 Å². The molecular weight excluding hydrogens is 249 g/mol. The Hall–Kier alpha value is -2.41. The van der Waals surface area contributed by atoms with Crippen molar-refractivity contribution >= 4 is 17.3 Å². The molecule has 0 unspecified atom stereocenters. The lowest BCUT2D eigenvalue weighted by Crippen LogP contribution is -2.09. The lowest BCUT2D eigenvalue weighted by Gasteiger charge is -2.09. The van der Waals surface area contributed by atoms with Gasteiger partial charge in [0, 0.05) is 17.8 Å². The van der Waals surface area contributed by atoms with E-state index >= 15 is 0 Å². The molecule has 0 amide bonds. The van der Waals surface area contributed by atoms with Crippen LogP contribution in [0.5, 0.6) is 5.75 Å². The Balaban J connectivity index is 2.16. The zero-order valence-corrected chi connectivity index (χ0v) is 10.4. The molecule has 1 aromatic heterocycles. The van der Waals surface area contributed by atoms with Crippen LogP contribution in [0, 0.1) is 5.82 Å². The second-order valence-electron chi connectivity index (χ2n) is 3.64. The Morgan fingerprint density at radius 1 is 1.26 bits per heavy atom. The fourth-order valence-electron chi connectivity index (χ4n) is 1.50. The van der Waals surface area contributed by atoms with E-state index in [-0.39, 0.29) is 5.75 Å². The van der Waals surface area contributed by atoms with E-state index in [1.165, 1.54) is 12.4 Å². The molecule has 2 aromatic rings. The summed E-state index contributed by atoms with van der Waals surface area (Å²) >= 11 is 0. The number of anilines is 3. The number of hydrazine groups is 1. The summed E-state index contributed by atoms with van der Waals surface area (Å²) in [5.41, 5.74) is 2.96. The first-order chi connectivity index (χ1) is 9.22. The first-order valence-corrected chi connectivity index (χ1v) is 5.71. The van der Waals surface area contributed by atoms with E-state index in [1.807, 2.05) is 0 Å². The highest BCUT2D eigenvalue weighted by molar-refractivity contribution is 5.59. The smallest absolute Gasteiger partial charge is 0.167 e. The van der Waals surface area contributed by atoms with Gasteiger partial charge in [0.15, 0.2) is 11.6 Å². The van der Waals surface area contributed by atoms with E-state index in [0.717, 1.165) is 0 Å². The summed E-state index contributed by atoms with van der Waals surface area (Å²) in [6.07, 6.45) is 1.35. The molecule has 0 aliphatic rings. The number of nitrogens with two attached hydrogens (primary N) is 1. The molecule has 0 bridgehead atoms. The standard InChI is InChI=1S/C12H14FN5O/c1-2-19-10-4-3-8(5-9(10)13)17-11-6-12(18-14)16-7-15-11/h3-7H,2,14H2,1H3,(H2,15,16,17,18). The van der Waals surface area contributed by atoms with Crippen molar-refractivity contribution in [2.45, 2.75) is 6.92 Å². The summed E-state index contributed by atoms with van der Waals surface area (Å²) in [7, 11) is 0. The van der Waals surface area contributed by atoms with E-state index in [9.17, 15) is 4.39 Å². The maximum absolute atomic E-state index is 13.7. The molecule has 0 saturated carbocycles. The van der Waals surface area contributed by atoms with Gasteiger partial charge in [0.2, 0.25) is 0 Å². The minimum absolute atomic E-state index is 0.222. The average Bonchev–Trinajstić information content (AvgIpc) is 2.42. The summed E-state index contributed by atoms with van der Waals surface area (Å²) in [4.78, 5) is 7.87. The van der Waals surface area contributed by atoms with E-state index < -0.39 is 5.82 Å². The quantitative estimate of drug-likeness (QED) is 0.565. The molecule has 0 spiro atoms. The molecule has 19 heavy (non-hydrogen) atoms. The van der Waals surface area contributed by atoms with Crippen LogP contribution in [0.2, 0.25) is 0 Å². The molecule has 6 nitrogen and oxygen atoms in total. The van der Waals surface area contributed by atoms with Gasteiger partial charge in [0.05, 0.1) is 6.61 Å². The number of rotatable bonds is 5. The van der Waals surface area contributed by atoms with Crippen molar-refractivity contribution in [3.63, 3.8) is 0 Å². The van der Waals surface area contributed by atoms with Gasteiger partial charge >= 0.3 is 0 Å². The van der Waals surface area contributed by atoms with Crippen molar-refractivity contribution in [2.24, 2.45) is 5.84 Å². The van der Waals surface area contributed by atoms with Gasteiger partial charge in [-0.15, -0.1) is 0 Å². The molecule has 0 fully saturated rings. The highest BCUT2D eigenvalue weighted by Gasteiger charge is 2.05. The van der Waals surface area contributed by atoms with Gasteiger partial charge in [-0.05, 0) is 19.1 Å². The van der Waals surface area contributed by atoms with Crippen LogP contribution < -0.4 is 21.3 Å². The predicted molar refractivity (Wildman–Crippen MR) is 70.7 cm³/mol. The second-order valence-corrected chi connectivity index (χ2v) is 3.64. The fourth-order valence-corrected chi connectivity index (χ4v) is 1.50. The molecule has 2 rings (SSSR count). The molecule has 0 aliphatic heterocycles. The van der Waals surface area contributed by atoms with Gasteiger partial charge in [-0.25, -0.2) is 20.2 Å². The van der Waals surface area contributed by atoms with Crippen molar-refractivity contribution in [1.29, 1.82) is 0 Å². The van der Waals surface area contributed by atoms with Crippen molar-refractivity contribution in [1.82, 2.24) is 9.97 Å². The normalized spacial score (nSPS) is 10.1. The highest BCUT2D eigenvalue weighted by Crippen LogP contribution is 2.23. The van der Waals surface area contributed by atoms with Gasteiger partial charge < -0.3 is 15.5 Å². The van der Waals surface area contributed by atoms with E-state index in [2.05, 4.69) is 20.7 Å². The van der Waals surface area contributed by atoms with Crippen LogP contribution in [0.25, 0.3) is 0 Å². The Labute approximate surface area is 109 Å². The van der Waals surface area contributed by atoms with Crippen molar-refractivity contribution < 1.29 is 9.13 Å². The maximum atomic E-state index is 13.7. The summed E-state index contributed by atoms with van der Waals surface area (Å²) in [5, 5.41) is 2.95. The molecule has 100 valence electrons. The van der Waals surface area contributed by atoms with E-state index in [1.54, 1.807) is 25.1 Å². The van der Waals surface area contributed by atoms with E-state index in [4.69, 9.17) is 10.6 Å². The predicted octanol–water partition coefficient (Wildman–Crippen LogP) is 2.04. The number of nitrogens with one attached hydrogen (secondary N) is 2. The van der Waals surface area contributed by atoms with Crippen LogP contribution in [0.3, 0.4) is 0 Å². The SMILES string of the molecule is CCOc1ccc(Nc2cc(NN)ncn2)cc1F. The van der Waals surface area contributed by atoms with Crippen molar-refractivity contribution in [3.05, 3.63) is 36.4 Å². The van der Waals surface area contributed by atoms with Crippen LogP contribution in [0.4, 0.5) is 21.7 Å². The summed E-state index contributed by atoms with van der Waals surface area (Å²) in [6.45, 7) is 2.22. The number of nitrogen functional groups attached to an aromatic ring is 1. The number of aromatic nitrogens is 2. The summed E-state index contributed by atoms with van der Waals surface area (Å²) in [5.74, 6) is 6.00. The Morgan fingerprint density at radius 3 is 2.74 bits per heavy atom. The number of hydrogen-bond donors (Lipinski definition) is 3. The van der Waals surface area contributed by atoms with Gasteiger partial charge in [0.25, 0.3) is 0 Å². The molecule has 0 atom stereocenters. The molecule has 4 N–H and O–H groups in total. The monoisotopic (exact) mass is 263 g/mol. The minimum Gasteiger partial charge on any atom is -0.491 e. The third-order valence-corrected chi connectivity index (χ3v) is 2.32. The highest BCUT2D eigenvalue weighted by atomic mass is 19.1. The second kappa shape index (κ2) is 5.96. The fraction of sp³-hybridized carbons (Fsp3) is 0.167. The third-order valence-electron chi connectivity index (χ3n) is 2.32. The third kappa shape index (κ3) is 3.29. The van der Waals surface area contributed by atoms with E-state index in [0.29, 0.717) is 23.9 Å². The molecular formula is C12H14FN5O. The molecule has 0 saturated heterocycles. The van der Waals surface area contributed by atoms with Gasteiger partial charge in [-0.3, -0.25) is 0 Å². The number of hydrogen-bond acceptors (Lipinski definition) is 6. The molecule has 7 heteroatoms. The first-order valence-electron chi connectivity index (χ1n) is 5.71. The Kier molecular flexibility index (Phi) is 4.09.